The first-order valence-corrected chi connectivity index (χ1v) is 12.1. The number of carbonyl (C=O) groups is 3. The fourth-order valence-corrected chi connectivity index (χ4v) is 5.30. The molecule has 35 heavy (non-hydrogen) atoms. The van der Waals surface area contributed by atoms with Gasteiger partial charge in [-0.05, 0) is 47.9 Å². The van der Waals surface area contributed by atoms with E-state index in [1.54, 1.807) is 13.8 Å². The standard InChI is InChI=1S/C27H32N2O6/c1-3-26(4-2,23(30)29-15-9-14-27(34,17-29)24(31)32)28-25(33)35-16-22-20-12-7-5-10-18(20)19-11-6-8-13-21(19)22/h5-8,10-13,22,34H,3-4,9,14-17H2,1-2H3,(H,28,33)(H,31,32). The van der Waals surface area contributed by atoms with Crippen molar-refractivity contribution in [2.45, 2.75) is 56.6 Å². The second kappa shape index (κ2) is 9.70. The number of amides is 2. The van der Waals surface area contributed by atoms with Gasteiger partial charge in [0.15, 0.2) is 5.60 Å². The van der Waals surface area contributed by atoms with E-state index >= 15 is 0 Å². The van der Waals surface area contributed by atoms with Gasteiger partial charge in [0.2, 0.25) is 5.91 Å². The Hall–Kier alpha value is -3.39. The Labute approximate surface area is 204 Å². The van der Waals surface area contributed by atoms with Gasteiger partial charge in [0.1, 0.15) is 12.1 Å². The largest absolute Gasteiger partial charge is 0.479 e. The van der Waals surface area contributed by atoms with Crippen LogP contribution >= 0.6 is 0 Å². The molecule has 1 unspecified atom stereocenters. The van der Waals surface area contributed by atoms with E-state index in [9.17, 15) is 24.6 Å². The topological polar surface area (TPSA) is 116 Å². The van der Waals surface area contributed by atoms with Crippen LogP contribution in [0.15, 0.2) is 48.5 Å². The van der Waals surface area contributed by atoms with E-state index in [1.165, 1.54) is 4.90 Å². The number of hydrogen-bond acceptors (Lipinski definition) is 5. The molecule has 186 valence electrons. The lowest BCUT2D eigenvalue weighted by Crippen LogP contribution is -2.63. The number of alkyl carbamates (subject to hydrolysis) is 1. The molecule has 2 aliphatic rings. The molecule has 0 radical (unpaired) electrons. The third-order valence-corrected chi connectivity index (χ3v) is 7.46. The van der Waals surface area contributed by atoms with Crippen molar-refractivity contribution < 1.29 is 29.3 Å². The molecule has 0 saturated carbocycles. The smallest absolute Gasteiger partial charge is 0.408 e. The number of carboxylic acids is 1. The van der Waals surface area contributed by atoms with Crippen LogP contribution < -0.4 is 5.32 Å². The minimum atomic E-state index is -1.98. The number of carboxylic acid groups (broad SMARTS) is 1. The van der Waals surface area contributed by atoms with Gasteiger partial charge in [0.25, 0.3) is 0 Å². The van der Waals surface area contributed by atoms with Crippen molar-refractivity contribution in [2.75, 3.05) is 19.7 Å². The Balaban J connectivity index is 1.47. The number of aliphatic carboxylic acids is 1. The molecule has 2 aromatic carbocycles. The number of β-amino-alcohol motifs (C(OH)–C–C–N with tert-alkyl or cyclic N) is 1. The summed E-state index contributed by atoms with van der Waals surface area (Å²) in [6, 6.07) is 16.1. The second-order valence-corrected chi connectivity index (χ2v) is 9.41. The molecule has 0 spiro atoms. The summed E-state index contributed by atoms with van der Waals surface area (Å²) in [4.78, 5) is 39.3. The van der Waals surface area contributed by atoms with E-state index < -0.39 is 29.1 Å². The quantitative estimate of drug-likeness (QED) is 0.558. The fourth-order valence-electron chi connectivity index (χ4n) is 5.30. The highest BCUT2D eigenvalue weighted by atomic mass is 16.5. The predicted molar refractivity (Wildman–Crippen MR) is 130 cm³/mol. The molecular formula is C27H32N2O6. The third kappa shape index (κ3) is 4.50. The molecule has 1 saturated heterocycles. The lowest BCUT2D eigenvalue weighted by Gasteiger charge is -2.41. The number of nitrogens with zero attached hydrogens (tertiary/aromatic N) is 1. The van der Waals surface area contributed by atoms with Gasteiger partial charge in [0, 0.05) is 12.5 Å². The zero-order chi connectivity index (χ0) is 25.2. The molecule has 0 bridgehead atoms. The van der Waals surface area contributed by atoms with Crippen LogP contribution in [0, 0.1) is 0 Å². The van der Waals surface area contributed by atoms with Crippen LogP contribution in [0.25, 0.3) is 11.1 Å². The van der Waals surface area contributed by atoms with Gasteiger partial charge >= 0.3 is 12.1 Å². The first-order chi connectivity index (χ1) is 16.7. The minimum Gasteiger partial charge on any atom is -0.479 e. The number of nitrogens with one attached hydrogen (secondary N) is 1. The predicted octanol–water partition coefficient (Wildman–Crippen LogP) is 3.52. The van der Waals surface area contributed by atoms with E-state index in [0.29, 0.717) is 25.8 Å². The van der Waals surface area contributed by atoms with Crippen molar-refractivity contribution in [3.05, 3.63) is 59.7 Å². The zero-order valence-electron chi connectivity index (χ0n) is 20.1. The average Bonchev–Trinajstić information content (AvgIpc) is 3.19. The Morgan fingerprint density at radius 2 is 1.63 bits per heavy atom. The molecule has 1 fully saturated rings. The molecule has 8 nitrogen and oxygen atoms in total. The van der Waals surface area contributed by atoms with E-state index in [-0.39, 0.29) is 25.5 Å². The molecule has 2 aromatic rings. The number of fused-ring (bicyclic) bond motifs is 3. The summed E-state index contributed by atoms with van der Waals surface area (Å²) in [6.07, 6.45) is 0.345. The molecule has 8 heteroatoms. The summed E-state index contributed by atoms with van der Waals surface area (Å²) in [5, 5.41) is 22.6. The Morgan fingerprint density at radius 1 is 1.06 bits per heavy atom. The maximum atomic E-state index is 13.5. The first-order valence-electron chi connectivity index (χ1n) is 12.1. The van der Waals surface area contributed by atoms with E-state index in [1.807, 2.05) is 36.4 Å². The summed E-state index contributed by atoms with van der Waals surface area (Å²) >= 11 is 0. The van der Waals surface area contributed by atoms with Crippen LogP contribution in [0.2, 0.25) is 0 Å². The number of ether oxygens (including phenoxy) is 1. The van der Waals surface area contributed by atoms with E-state index in [4.69, 9.17) is 4.74 Å². The highest BCUT2D eigenvalue weighted by Crippen LogP contribution is 2.44. The van der Waals surface area contributed by atoms with Gasteiger partial charge in [-0.15, -0.1) is 0 Å². The van der Waals surface area contributed by atoms with Crippen molar-refractivity contribution in [1.82, 2.24) is 10.2 Å². The number of rotatable bonds is 7. The number of carbonyl (C=O) groups excluding carboxylic acids is 2. The molecule has 3 N–H and O–H groups in total. The Bertz CT molecular complexity index is 1080. The summed E-state index contributed by atoms with van der Waals surface area (Å²) in [5.74, 6) is -1.86. The number of likely N-dealkylation sites (tertiary alicyclic amines) is 1. The second-order valence-electron chi connectivity index (χ2n) is 9.41. The monoisotopic (exact) mass is 480 g/mol. The van der Waals surface area contributed by atoms with Crippen LogP contribution in [0.1, 0.15) is 56.6 Å². The van der Waals surface area contributed by atoms with Crippen LogP contribution in [0.3, 0.4) is 0 Å². The molecule has 2 amide bonds. The highest BCUT2D eigenvalue weighted by Gasteiger charge is 2.47. The molecule has 1 atom stereocenters. The minimum absolute atomic E-state index is 0.0805. The summed E-state index contributed by atoms with van der Waals surface area (Å²) < 4.78 is 5.65. The summed E-state index contributed by atoms with van der Waals surface area (Å²) in [7, 11) is 0. The lowest BCUT2D eigenvalue weighted by molar-refractivity contribution is -0.168. The molecule has 1 aliphatic heterocycles. The SMILES string of the molecule is CCC(CC)(NC(=O)OCC1c2ccccc2-c2ccccc21)C(=O)N1CCCC(O)(C(=O)O)C1. The Morgan fingerprint density at radius 3 is 2.17 bits per heavy atom. The van der Waals surface area contributed by atoms with Crippen molar-refractivity contribution >= 4 is 18.0 Å². The van der Waals surface area contributed by atoms with Gasteiger partial charge in [-0.2, -0.15) is 0 Å². The normalized spacial score (nSPS) is 19.6. The molecule has 0 aromatic heterocycles. The summed E-state index contributed by atoms with van der Waals surface area (Å²) in [6.45, 7) is 3.72. The van der Waals surface area contributed by atoms with Crippen LogP contribution in [0.4, 0.5) is 4.79 Å². The maximum Gasteiger partial charge on any atom is 0.408 e. The fraction of sp³-hybridized carbons (Fsp3) is 0.444. The van der Waals surface area contributed by atoms with Gasteiger partial charge in [-0.1, -0.05) is 62.4 Å². The van der Waals surface area contributed by atoms with Crippen LogP contribution in [0.5, 0.6) is 0 Å². The first kappa shape index (κ1) is 24.7. The van der Waals surface area contributed by atoms with Gasteiger partial charge < -0.3 is 25.2 Å². The molecule has 1 heterocycles. The maximum absolute atomic E-state index is 13.5. The number of hydrogen-bond donors (Lipinski definition) is 3. The summed E-state index contributed by atoms with van der Waals surface area (Å²) in [5.41, 5.74) is 1.20. The van der Waals surface area contributed by atoms with Crippen molar-refractivity contribution in [3.8, 4) is 11.1 Å². The van der Waals surface area contributed by atoms with E-state index in [0.717, 1.165) is 22.3 Å². The van der Waals surface area contributed by atoms with Crippen molar-refractivity contribution in [2.24, 2.45) is 0 Å². The highest BCUT2D eigenvalue weighted by molar-refractivity contribution is 5.91. The van der Waals surface area contributed by atoms with Crippen LogP contribution in [-0.2, 0) is 14.3 Å². The van der Waals surface area contributed by atoms with Crippen molar-refractivity contribution in [3.63, 3.8) is 0 Å². The van der Waals surface area contributed by atoms with Gasteiger partial charge in [-0.3, -0.25) is 4.79 Å². The van der Waals surface area contributed by atoms with Crippen molar-refractivity contribution in [1.29, 1.82) is 0 Å². The molecule has 1 aliphatic carbocycles. The average molecular weight is 481 g/mol. The van der Waals surface area contributed by atoms with Gasteiger partial charge in [-0.25, -0.2) is 9.59 Å². The Kier molecular flexibility index (Phi) is 6.85. The number of aliphatic hydroxyl groups is 1. The number of benzene rings is 2. The van der Waals surface area contributed by atoms with Crippen LogP contribution in [-0.4, -0.2) is 63.9 Å². The van der Waals surface area contributed by atoms with Gasteiger partial charge in [0.05, 0.1) is 6.54 Å². The molecule has 4 rings (SSSR count). The lowest BCUT2D eigenvalue weighted by atomic mass is 9.87. The third-order valence-electron chi connectivity index (χ3n) is 7.46. The zero-order valence-corrected chi connectivity index (χ0v) is 20.1. The van der Waals surface area contributed by atoms with E-state index in [2.05, 4.69) is 17.4 Å². The molecular weight excluding hydrogens is 448 g/mol. The number of piperidine rings is 1.